The molecule has 3 saturated carbocycles. The molecule has 0 spiro atoms. The molecule has 2 amide bonds. The Morgan fingerprint density at radius 3 is 2.58 bits per heavy atom. The third-order valence-electron chi connectivity index (χ3n) is 6.69. The molecule has 1 heterocycles. The maximum absolute atomic E-state index is 13.1. The highest BCUT2D eigenvalue weighted by atomic mass is 16.5. The number of carbonyl (C=O) groups excluding carboxylic acids is 2. The Kier molecular flexibility index (Phi) is 5.99. The largest absolute Gasteiger partial charge is 0.497 e. The number of pyridine rings is 1. The molecule has 31 heavy (non-hydrogen) atoms. The van der Waals surface area contributed by atoms with E-state index in [-0.39, 0.29) is 28.8 Å². The molecule has 3 aliphatic carbocycles. The van der Waals surface area contributed by atoms with Gasteiger partial charge in [-0.25, -0.2) is 0 Å². The van der Waals surface area contributed by atoms with Gasteiger partial charge in [-0.15, -0.1) is 0 Å². The second-order valence-corrected chi connectivity index (χ2v) is 9.15. The molecule has 0 radical (unpaired) electrons. The van der Waals surface area contributed by atoms with Crippen molar-refractivity contribution in [3.63, 3.8) is 0 Å². The zero-order chi connectivity index (χ0) is 21.9. The van der Waals surface area contributed by atoms with Gasteiger partial charge in [0.2, 0.25) is 5.91 Å². The Balaban J connectivity index is 1.33. The van der Waals surface area contributed by atoms with Gasteiger partial charge in [0.15, 0.2) is 0 Å². The van der Waals surface area contributed by atoms with Gasteiger partial charge in [0.25, 0.3) is 5.91 Å². The van der Waals surface area contributed by atoms with Gasteiger partial charge >= 0.3 is 0 Å². The Morgan fingerprint density at radius 2 is 1.90 bits per heavy atom. The molecule has 1 aromatic carbocycles. The number of unbranched alkanes of at least 4 members (excludes halogenated alkanes) is 1. The highest BCUT2D eigenvalue weighted by molar-refractivity contribution is 5.96. The average molecular weight is 422 g/mol. The Bertz CT molecular complexity index is 924. The number of hydrogen-bond acceptors (Lipinski definition) is 4. The summed E-state index contributed by atoms with van der Waals surface area (Å²) in [5, 5.41) is 6.45. The number of hydrogen-bond donors (Lipinski definition) is 2. The minimum atomic E-state index is -0.315. The summed E-state index contributed by atoms with van der Waals surface area (Å²) in [5.41, 5.74) is 1.24. The van der Waals surface area contributed by atoms with Crippen molar-refractivity contribution in [3.8, 4) is 5.75 Å². The van der Waals surface area contributed by atoms with Gasteiger partial charge in [-0.05, 0) is 61.9 Å². The molecule has 1 aromatic heterocycles. The van der Waals surface area contributed by atoms with Crippen molar-refractivity contribution in [1.82, 2.24) is 15.6 Å². The maximum atomic E-state index is 13.1. The van der Waals surface area contributed by atoms with Crippen LogP contribution in [-0.4, -0.2) is 35.5 Å². The first kappa shape index (κ1) is 21.3. The lowest BCUT2D eigenvalue weighted by Crippen LogP contribution is -2.78. The van der Waals surface area contributed by atoms with Gasteiger partial charge in [-0.3, -0.25) is 14.6 Å². The van der Waals surface area contributed by atoms with Crippen molar-refractivity contribution in [3.05, 3.63) is 59.9 Å². The maximum Gasteiger partial charge on any atom is 0.251 e. The number of carbonyl (C=O) groups is 2. The second kappa shape index (κ2) is 8.69. The summed E-state index contributed by atoms with van der Waals surface area (Å²) >= 11 is 0. The fraction of sp³-hybridized carbons (Fsp3) is 0.480. The van der Waals surface area contributed by atoms with Crippen LogP contribution in [0.15, 0.2) is 48.8 Å². The summed E-state index contributed by atoms with van der Waals surface area (Å²) in [6.45, 7) is 2.17. The molecule has 0 saturated heterocycles. The van der Waals surface area contributed by atoms with Gasteiger partial charge in [-0.2, -0.15) is 0 Å². The number of ether oxygens (including phenoxy) is 1. The van der Waals surface area contributed by atoms with Crippen LogP contribution in [0.3, 0.4) is 0 Å². The van der Waals surface area contributed by atoms with Gasteiger partial charge < -0.3 is 15.4 Å². The third-order valence-corrected chi connectivity index (χ3v) is 6.69. The monoisotopic (exact) mass is 421 g/mol. The average Bonchev–Trinajstić information content (AvgIpc) is 2.74. The van der Waals surface area contributed by atoms with E-state index in [1.165, 1.54) is 5.56 Å². The first-order valence-electron chi connectivity index (χ1n) is 11.1. The van der Waals surface area contributed by atoms with Gasteiger partial charge in [0.05, 0.1) is 12.5 Å². The molecule has 2 N–H and O–H groups in total. The number of aromatic nitrogens is 1. The molecule has 164 valence electrons. The van der Waals surface area contributed by atoms with Gasteiger partial charge in [-0.1, -0.05) is 31.9 Å². The number of rotatable bonds is 10. The zero-order valence-corrected chi connectivity index (χ0v) is 18.3. The molecular formula is C25H31N3O3. The number of benzene rings is 1. The Morgan fingerprint density at radius 1 is 1.16 bits per heavy atom. The minimum absolute atomic E-state index is 0.0880. The van der Waals surface area contributed by atoms with Crippen molar-refractivity contribution in [2.45, 2.75) is 63.5 Å². The summed E-state index contributed by atoms with van der Waals surface area (Å²) in [6, 6.07) is 11.6. The summed E-state index contributed by atoms with van der Waals surface area (Å²) in [6.07, 6.45) is 9.33. The van der Waals surface area contributed by atoms with Gasteiger partial charge in [0.1, 0.15) is 5.75 Å². The van der Waals surface area contributed by atoms with Crippen molar-refractivity contribution < 1.29 is 14.3 Å². The fourth-order valence-electron chi connectivity index (χ4n) is 5.08. The number of nitrogens with zero attached hydrogens (tertiary/aromatic N) is 1. The topological polar surface area (TPSA) is 80.3 Å². The van der Waals surface area contributed by atoms with E-state index in [0.29, 0.717) is 5.56 Å². The van der Waals surface area contributed by atoms with E-state index in [1.54, 1.807) is 31.6 Å². The van der Waals surface area contributed by atoms with Gasteiger partial charge in [0, 0.05) is 29.5 Å². The quantitative estimate of drug-likeness (QED) is 0.614. The van der Waals surface area contributed by atoms with E-state index >= 15 is 0 Å². The third kappa shape index (κ3) is 4.43. The van der Waals surface area contributed by atoms with E-state index < -0.39 is 0 Å². The first-order chi connectivity index (χ1) is 15.0. The predicted molar refractivity (Wildman–Crippen MR) is 119 cm³/mol. The smallest absolute Gasteiger partial charge is 0.251 e. The van der Waals surface area contributed by atoms with Crippen molar-refractivity contribution in [2.75, 3.05) is 7.11 Å². The van der Waals surface area contributed by atoms with E-state index in [2.05, 4.69) is 28.6 Å². The normalized spacial score (nSPS) is 24.3. The summed E-state index contributed by atoms with van der Waals surface area (Å²) < 4.78 is 5.34. The fourth-order valence-corrected chi connectivity index (χ4v) is 5.08. The molecule has 6 heteroatoms. The Hall–Kier alpha value is -2.89. The highest BCUT2D eigenvalue weighted by Crippen LogP contribution is 2.67. The molecule has 2 bridgehead atoms. The molecule has 1 atom stereocenters. The predicted octanol–water partition coefficient (Wildman–Crippen LogP) is 3.66. The molecular weight excluding hydrogens is 390 g/mol. The van der Waals surface area contributed by atoms with Crippen LogP contribution in [0.2, 0.25) is 0 Å². The van der Waals surface area contributed by atoms with Crippen molar-refractivity contribution in [2.24, 2.45) is 5.41 Å². The van der Waals surface area contributed by atoms with Crippen LogP contribution in [-0.2, 0) is 11.2 Å². The lowest BCUT2D eigenvalue weighted by atomic mass is 9.39. The van der Waals surface area contributed by atoms with Crippen LogP contribution in [0.5, 0.6) is 5.75 Å². The zero-order valence-electron chi connectivity index (χ0n) is 18.3. The molecule has 2 aromatic rings. The molecule has 5 rings (SSSR count). The molecule has 0 unspecified atom stereocenters. The number of nitrogens with one attached hydrogen (secondary N) is 2. The lowest BCUT2D eigenvalue weighted by molar-refractivity contribution is -0.178. The van der Waals surface area contributed by atoms with Crippen LogP contribution in [0, 0.1) is 5.41 Å². The number of methoxy groups -OCH3 is 1. The van der Waals surface area contributed by atoms with Crippen molar-refractivity contribution >= 4 is 11.8 Å². The Labute approximate surface area is 183 Å². The SMILES string of the molecule is CCCC[C@@H](Cc1cccc(OC)c1)NC(=O)C12CC(NC(=O)c3ccncc3)(C1)C2. The molecule has 3 aliphatic rings. The summed E-state index contributed by atoms with van der Waals surface area (Å²) in [5.74, 6) is 0.885. The molecule has 0 aliphatic heterocycles. The van der Waals surface area contributed by atoms with Crippen LogP contribution < -0.4 is 15.4 Å². The van der Waals surface area contributed by atoms with Crippen LogP contribution in [0.1, 0.15) is 61.4 Å². The standard InChI is InChI=1S/C25H31N3O3/c1-3-4-7-20(13-18-6-5-8-21(14-18)31-2)27-23(30)24-15-25(16-24,17-24)28-22(29)19-9-11-26-12-10-19/h5-6,8-12,14,20H,3-4,7,13,15-17H2,1-2H3,(H,27,30)(H,28,29)/t20-,24?,25?/m0/s1. The summed E-state index contributed by atoms with van der Waals surface area (Å²) in [4.78, 5) is 29.5. The second-order valence-electron chi connectivity index (χ2n) is 9.15. The van der Waals surface area contributed by atoms with Crippen LogP contribution in [0.25, 0.3) is 0 Å². The molecule has 6 nitrogen and oxygen atoms in total. The van der Waals surface area contributed by atoms with E-state index in [0.717, 1.165) is 50.7 Å². The first-order valence-corrected chi connectivity index (χ1v) is 11.1. The van der Waals surface area contributed by atoms with Crippen LogP contribution >= 0.6 is 0 Å². The van der Waals surface area contributed by atoms with E-state index in [1.807, 2.05) is 18.2 Å². The lowest BCUT2D eigenvalue weighted by Gasteiger charge is -2.69. The van der Waals surface area contributed by atoms with Crippen molar-refractivity contribution in [1.29, 1.82) is 0 Å². The summed E-state index contributed by atoms with van der Waals surface area (Å²) in [7, 11) is 1.67. The number of amides is 2. The molecule has 3 fully saturated rings. The van der Waals surface area contributed by atoms with E-state index in [9.17, 15) is 9.59 Å². The van der Waals surface area contributed by atoms with Crippen LogP contribution in [0.4, 0.5) is 0 Å². The highest BCUT2D eigenvalue weighted by Gasteiger charge is 2.72. The minimum Gasteiger partial charge on any atom is -0.497 e. The van der Waals surface area contributed by atoms with E-state index in [4.69, 9.17) is 4.74 Å².